The normalized spacial score (nSPS) is 12.1. The number of rotatable bonds is 8. The van der Waals surface area contributed by atoms with Crippen molar-refractivity contribution in [1.82, 2.24) is 5.32 Å². The first-order valence-corrected chi connectivity index (χ1v) is 7.69. The minimum atomic E-state index is 0.528. The molecule has 0 amide bonds. The molecular formula is C19H25NO. The number of aryl methyl sites for hydroxylation is 1. The quantitative estimate of drug-likeness (QED) is 0.794. The van der Waals surface area contributed by atoms with Gasteiger partial charge in [-0.2, -0.15) is 0 Å². The SMILES string of the molecule is COc1ccccc1CCN[C@@H](C)CCc1ccccc1. The van der Waals surface area contributed by atoms with Gasteiger partial charge in [-0.1, -0.05) is 48.5 Å². The summed E-state index contributed by atoms with van der Waals surface area (Å²) in [7, 11) is 1.73. The lowest BCUT2D eigenvalue weighted by Gasteiger charge is -2.14. The first-order valence-electron chi connectivity index (χ1n) is 7.69. The fourth-order valence-corrected chi connectivity index (χ4v) is 2.49. The lowest BCUT2D eigenvalue weighted by molar-refractivity contribution is 0.408. The molecule has 2 nitrogen and oxygen atoms in total. The number of methoxy groups -OCH3 is 1. The van der Waals surface area contributed by atoms with E-state index in [0.717, 1.165) is 31.6 Å². The van der Waals surface area contributed by atoms with Crippen molar-refractivity contribution in [2.75, 3.05) is 13.7 Å². The Bertz CT molecular complexity index is 524. The number of benzene rings is 2. The highest BCUT2D eigenvalue weighted by Crippen LogP contribution is 2.17. The molecule has 0 saturated carbocycles. The third-order valence-electron chi connectivity index (χ3n) is 3.79. The Hall–Kier alpha value is -1.80. The van der Waals surface area contributed by atoms with Crippen LogP contribution >= 0.6 is 0 Å². The van der Waals surface area contributed by atoms with E-state index in [-0.39, 0.29) is 0 Å². The summed E-state index contributed by atoms with van der Waals surface area (Å²) in [5.74, 6) is 0.983. The lowest BCUT2D eigenvalue weighted by atomic mass is 10.1. The molecule has 21 heavy (non-hydrogen) atoms. The molecule has 0 aromatic heterocycles. The Morgan fingerprint density at radius 1 is 0.952 bits per heavy atom. The summed E-state index contributed by atoms with van der Waals surface area (Å²) >= 11 is 0. The van der Waals surface area contributed by atoms with Crippen molar-refractivity contribution in [2.24, 2.45) is 0 Å². The van der Waals surface area contributed by atoms with Crippen LogP contribution in [0.15, 0.2) is 54.6 Å². The predicted molar refractivity (Wildman–Crippen MR) is 88.9 cm³/mol. The maximum Gasteiger partial charge on any atom is 0.122 e. The van der Waals surface area contributed by atoms with Gasteiger partial charge in [0, 0.05) is 6.04 Å². The zero-order valence-corrected chi connectivity index (χ0v) is 13.0. The van der Waals surface area contributed by atoms with Crippen LogP contribution in [-0.2, 0) is 12.8 Å². The van der Waals surface area contributed by atoms with Gasteiger partial charge in [0.1, 0.15) is 5.75 Å². The molecule has 1 N–H and O–H groups in total. The highest BCUT2D eigenvalue weighted by molar-refractivity contribution is 5.33. The Morgan fingerprint density at radius 2 is 1.67 bits per heavy atom. The maximum atomic E-state index is 5.38. The standard InChI is InChI=1S/C19H25NO/c1-16(12-13-17-8-4-3-5-9-17)20-15-14-18-10-6-7-11-19(18)21-2/h3-11,16,20H,12-15H2,1-2H3/t16-/m0/s1. The van der Waals surface area contributed by atoms with Gasteiger partial charge in [-0.15, -0.1) is 0 Å². The molecule has 0 heterocycles. The summed E-state index contributed by atoms with van der Waals surface area (Å²) < 4.78 is 5.38. The van der Waals surface area contributed by atoms with E-state index in [1.807, 2.05) is 12.1 Å². The average molecular weight is 283 g/mol. The highest BCUT2D eigenvalue weighted by Gasteiger charge is 2.04. The van der Waals surface area contributed by atoms with Crippen molar-refractivity contribution in [2.45, 2.75) is 32.2 Å². The first-order chi connectivity index (χ1) is 10.3. The van der Waals surface area contributed by atoms with Gasteiger partial charge in [0.25, 0.3) is 0 Å². The molecule has 0 aliphatic heterocycles. The van der Waals surface area contributed by atoms with Crippen LogP contribution in [0.3, 0.4) is 0 Å². The number of nitrogens with one attached hydrogen (secondary N) is 1. The van der Waals surface area contributed by atoms with Crippen LogP contribution in [0.5, 0.6) is 5.75 Å². The molecule has 2 rings (SSSR count). The van der Waals surface area contributed by atoms with E-state index < -0.39 is 0 Å². The Morgan fingerprint density at radius 3 is 2.43 bits per heavy atom. The van der Waals surface area contributed by atoms with Gasteiger partial charge in [-0.25, -0.2) is 0 Å². The van der Waals surface area contributed by atoms with Gasteiger partial charge in [0.2, 0.25) is 0 Å². The van der Waals surface area contributed by atoms with Crippen LogP contribution in [0.2, 0.25) is 0 Å². The molecule has 2 heteroatoms. The second kappa shape index (κ2) is 8.48. The van der Waals surface area contributed by atoms with Gasteiger partial charge in [-0.05, 0) is 49.9 Å². The monoisotopic (exact) mass is 283 g/mol. The number of para-hydroxylation sites is 1. The zero-order valence-electron chi connectivity index (χ0n) is 13.0. The van der Waals surface area contributed by atoms with Gasteiger partial charge < -0.3 is 10.1 Å². The third kappa shape index (κ3) is 5.24. The van der Waals surface area contributed by atoms with Crippen molar-refractivity contribution in [3.8, 4) is 5.75 Å². The molecule has 2 aromatic carbocycles. The van der Waals surface area contributed by atoms with Gasteiger partial charge in [-0.3, -0.25) is 0 Å². The van der Waals surface area contributed by atoms with E-state index in [2.05, 4.69) is 54.7 Å². The predicted octanol–water partition coefficient (Wildman–Crippen LogP) is 3.85. The lowest BCUT2D eigenvalue weighted by Crippen LogP contribution is -2.28. The average Bonchev–Trinajstić information content (AvgIpc) is 2.54. The number of ether oxygens (including phenoxy) is 1. The summed E-state index contributed by atoms with van der Waals surface area (Å²) in [6.45, 7) is 3.24. The van der Waals surface area contributed by atoms with E-state index in [9.17, 15) is 0 Å². The van der Waals surface area contributed by atoms with E-state index in [1.54, 1.807) is 7.11 Å². The maximum absolute atomic E-state index is 5.38. The fraction of sp³-hybridized carbons (Fsp3) is 0.368. The summed E-state index contributed by atoms with van der Waals surface area (Å²) in [5, 5.41) is 3.60. The largest absolute Gasteiger partial charge is 0.496 e. The molecule has 0 saturated heterocycles. The Balaban J connectivity index is 1.70. The van der Waals surface area contributed by atoms with E-state index in [1.165, 1.54) is 11.1 Å². The minimum absolute atomic E-state index is 0.528. The van der Waals surface area contributed by atoms with Crippen LogP contribution in [0.25, 0.3) is 0 Å². The Kier molecular flexibility index (Phi) is 6.29. The molecule has 0 aliphatic rings. The van der Waals surface area contributed by atoms with Crippen molar-refractivity contribution in [3.05, 3.63) is 65.7 Å². The number of hydrogen-bond donors (Lipinski definition) is 1. The van der Waals surface area contributed by atoms with Crippen LogP contribution in [0.1, 0.15) is 24.5 Å². The molecule has 2 aromatic rings. The molecule has 0 unspecified atom stereocenters. The van der Waals surface area contributed by atoms with Crippen molar-refractivity contribution in [1.29, 1.82) is 0 Å². The summed E-state index contributed by atoms with van der Waals surface area (Å²) in [4.78, 5) is 0. The Labute approximate surface area is 128 Å². The molecular weight excluding hydrogens is 258 g/mol. The fourth-order valence-electron chi connectivity index (χ4n) is 2.49. The molecule has 0 bridgehead atoms. The van der Waals surface area contributed by atoms with Gasteiger partial charge in [0.05, 0.1) is 7.11 Å². The third-order valence-corrected chi connectivity index (χ3v) is 3.79. The van der Waals surface area contributed by atoms with Crippen molar-refractivity contribution >= 4 is 0 Å². The van der Waals surface area contributed by atoms with Crippen LogP contribution < -0.4 is 10.1 Å². The summed E-state index contributed by atoms with van der Waals surface area (Å²) in [6.07, 6.45) is 3.29. The molecule has 0 radical (unpaired) electrons. The van der Waals surface area contributed by atoms with Crippen LogP contribution in [0.4, 0.5) is 0 Å². The molecule has 0 fully saturated rings. The van der Waals surface area contributed by atoms with E-state index in [0.29, 0.717) is 6.04 Å². The van der Waals surface area contributed by atoms with E-state index >= 15 is 0 Å². The molecule has 1 atom stereocenters. The van der Waals surface area contributed by atoms with Gasteiger partial charge >= 0.3 is 0 Å². The van der Waals surface area contributed by atoms with Gasteiger partial charge in [0.15, 0.2) is 0 Å². The molecule has 112 valence electrons. The highest BCUT2D eigenvalue weighted by atomic mass is 16.5. The van der Waals surface area contributed by atoms with Crippen LogP contribution in [0, 0.1) is 0 Å². The first kappa shape index (κ1) is 15.6. The second-order valence-corrected chi connectivity index (χ2v) is 5.44. The van der Waals surface area contributed by atoms with Crippen molar-refractivity contribution < 1.29 is 4.74 Å². The molecule has 0 aliphatic carbocycles. The number of hydrogen-bond acceptors (Lipinski definition) is 2. The molecule has 0 spiro atoms. The van der Waals surface area contributed by atoms with E-state index in [4.69, 9.17) is 4.74 Å². The minimum Gasteiger partial charge on any atom is -0.496 e. The van der Waals surface area contributed by atoms with Crippen LogP contribution in [-0.4, -0.2) is 19.7 Å². The summed E-state index contributed by atoms with van der Waals surface area (Å²) in [6, 6.07) is 19.4. The zero-order chi connectivity index (χ0) is 14.9. The summed E-state index contributed by atoms with van der Waals surface area (Å²) in [5.41, 5.74) is 2.68. The van der Waals surface area contributed by atoms with Crippen molar-refractivity contribution in [3.63, 3.8) is 0 Å². The second-order valence-electron chi connectivity index (χ2n) is 5.44. The smallest absolute Gasteiger partial charge is 0.122 e. The topological polar surface area (TPSA) is 21.3 Å².